The van der Waals surface area contributed by atoms with Crippen LogP contribution < -0.4 is 4.90 Å². The van der Waals surface area contributed by atoms with Gasteiger partial charge in [-0.3, -0.25) is 0 Å². The van der Waals surface area contributed by atoms with Crippen molar-refractivity contribution in [3.05, 3.63) is 235 Å². The van der Waals surface area contributed by atoms with E-state index >= 15 is 0 Å². The lowest BCUT2D eigenvalue weighted by molar-refractivity contribution is 0.793. The fraction of sp³-hybridized carbons (Fsp3) is 0.0182. The average Bonchev–Trinajstić information content (AvgIpc) is 3.73. The van der Waals surface area contributed by atoms with Crippen LogP contribution in [0.15, 0.2) is 212 Å². The highest BCUT2D eigenvalue weighted by atomic mass is 15.1. The maximum absolute atomic E-state index is 2.57. The van der Waals surface area contributed by atoms with Gasteiger partial charge in [0.1, 0.15) is 0 Å². The fourth-order valence-electron chi connectivity index (χ4n) is 10.2. The fourth-order valence-corrected chi connectivity index (χ4v) is 10.2. The van der Waals surface area contributed by atoms with Gasteiger partial charge in [-0.25, -0.2) is 0 Å². The maximum atomic E-state index is 2.57. The summed E-state index contributed by atoms with van der Waals surface area (Å²) in [7, 11) is 0. The van der Waals surface area contributed by atoms with Crippen molar-refractivity contribution in [2.24, 2.45) is 0 Å². The first kappa shape index (κ1) is 31.2. The second-order valence-electron chi connectivity index (χ2n) is 15.2. The Kier molecular flexibility index (Phi) is 6.62. The Morgan fingerprint density at radius 1 is 0.321 bits per heavy atom. The minimum absolute atomic E-state index is 0.451. The molecular formula is C55H35N. The van der Waals surface area contributed by atoms with Crippen molar-refractivity contribution in [2.75, 3.05) is 4.90 Å². The van der Waals surface area contributed by atoms with Crippen molar-refractivity contribution < 1.29 is 0 Å². The summed E-state index contributed by atoms with van der Waals surface area (Å²) in [6.45, 7) is 0. The third-order valence-corrected chi connectivity index (χ3v) is 12.4. The number of fused-ring (bicyclic) bond motifs is 13. The van der Waals surface area contributed by atoms with E-state index in [1.54, 1.807) is 0 Å². The predicted molar refractivity (Wildman–Crippen MR) is 235 cm³/mol. The Balaban J connectivity index is 1.24. The van der Waals surface area contributed by atoms with Gasteiger partial charge >= 0.3 is 0 Å². The lowest BCUT2D eigenvalue weighted by Crippen LogP contribution is -2.26. The third kappa shape index (κ3) is 4.20. The topological polar surface area (TPSA) is 3.24 Å². The second-order valence-corrected chi connectivity index (χ2v) is 15.2. The Labute approximate surface area is 326 Å². The highest BCUT2D eigenvalue weighted by molar-refractivity contribution is 6.16. The SMILES string of the molecule is c1ccc(-c2c(N(c3ccc4c(c3)C3(c5ccccc5-c5ccccc53)c3ccccc3-4)c3c4ccccc4cc4ccccc34)ccc3ccccc23)cc1. The van der Waals surface area contributed by atoms with Crippen LogP contribution in [0.3, 0.4) is 0 Å². The number of rotatable bonds is 4. The zero-order valence-electron chi connectivity index (χ0n) is 30.7. The lowest BCUT2D eigenvalue weighted by atomic mass is 9.70. The number of hydrogen-bond acceptors (Lipinski definition) is 1. The van der Waals surface area contributed by atoms with Gasteiger partial charge in [-0.2, -0.15) is 0 Å². The van der Waals surface area contributed by atoms with Crippen LogP contribution in [0.5, 0.6) is 0 Å². The molecule has 2 aliphatic rings. The van der Waals surface area contributed by atoms with Crippen molar-refractivity contribution in [1.29, 1.82) is 0 Å². The molecule has 0 fully saturated rings. The molecule has 0 unspecified atom stereocenters. The smallest absolute Gasteiger partial charge is 0.0726 e. The largest absolute Gasteiger partial charge is 0.309 e. The highest BCUT2D eigenvalue weighted by Crippen LogP contribution is 2.63. The van der Waals surface area contributed by atoms with E-state index in [0.29, 0.717) is 0 Å². The van der Waals surface area contributed by atoms with E-state index < -0.39 is 5.41 Å². The van der Waals surface area contributed by atoms with E-state index in [9.17, 15) is 0 Å². The van der Waals surface area contributed by atoms with E-state index in [1.807, 2.05) is 0 Å². The number of anilines is 3. The molecule has 0 atom stereocenters. The Morgan fingerprint density at radius 3 is 1.41 bits per heavy atom. The van der Waals surface area contributed by atoms with Crippen LogP contribution >= 0.6 is 0 Å². The molecule has 56 heavy (non-hydrogen) atoms. The number of nitrogens with zero attached hydrogens (tertiary/aromatic N) is 1. The quantitative estimate of drug-likeness (QED) is 0.164. The van der Waals surface area contributed by atoms with Crippen molar-refractivity contribution in [1.82, 2.24) is 0 Å². The van der Waals surface area contributed by atoms with Gasteiger partial charge in [0.25, 0.3) is 0 Å². The molecule has 1 spiro atoms. The van der Waals surface area contributed by atoms with E-state index in [0.717, 1.165) is 11.4 Å². The second kappa shape index (κ2) is 11.9. The molecule has 0 N–H and O–H groups in total. The highest BCUT2D eigenvalue weighted by Gasteiger charge is 2.51. The first-order valence-electron chi connectivity index (χ1n) is 19.5. The zero-order valence-corrected chi connectivity index (χ0v) is 30.7. The van der Waals surface area contributed by atoms with Crippen LogP contribution in [0.4, 0.5) is 17.1 Å². The summed E-state index contributed by atoms with van der Waals surface area (Å²) in [4.78, 5) is 2.57. The van der Waals surface area contributed by atoms with Gasteiger partial charge in [-0.1, -0.05) is 188 Å². The summed E-state index contributed by atoms with van der Waals surface area (Å²) in [5.41, 5.74) is 16.0. The normalized spacial score (nSPS) is 13.1. The van der Waals surface area contributed by atoms with Crippen LogP contribution in [-0.4, -0.2) is 0 Å². The molecule has 1 nitrogen and oxygen atoms in total. The van der Waals surface area contributed by atoms with Crippen LogP contribution in [0, 0.1) is 0 Å². The minimum atomic E-state index is -0.451. The summed E-state index contributed by atoms with van der Waals surface area (Å²) in [6.07, 6.45) is 0. The summed E-state index contributed by atoms with van der Waals surface area (Å²) in [5.74, 6) is 0. The van der Waals surface area contributed by atoms with Crippen LogP contribution in [0.1, 0.15) is 22.3 Å². The average molecular weight is 710 g/mol. The lowest BCUT2D eigenvalue weighted by Gasteiger charge is -2.34. The van der Waals surface area contributed by atoms with Crippen molar-refractivity contribution >= 4 is 49.4 Å². The molecule has 0 amide bonds. The monoisotopic (exact) mass is 709 g/mol. The van der Waals surface area contributed by atoms with Gasteiger partial charge in [0.15, 0.2) is 0 Å². The predicted octanol–water partition coefficient (Wildman–Crippen LogP) is 14.6. The Morgan fingerprint density at radius 2 is 0.804 bits per heavy atom. The molecule has 0 heterocycles. The van der Waals surface area contributed by atoms with Gasteiger partial charge in [0.2, 0.25) is 0 Å². The van der Waals surface area contributed by atoms with E-state index in [4.69, 9.17) is 0 Å². The molecule has 0 bridgehead atoms. The molecule has 0 saturated heterocycles. The summed E-state index contributed by atoms with van der Waals surface area (Å²) < 4.78 is 0. The molecule has 12 rings (SSSR count). The van der Waals surface area contributed by atoms with Crippen molar-refractivity contribution in [3.8, 4) is 33.4 Å². The molecule has 10 aromatic rings. The zero-order chi connectivity index (χ0) is 36.8. The van der Waals surface area contributed by atoms with Crippen molar-refractivity contribution in [2.45, 2.75) is 5.41 Å². The molecule has 1 heteroatoms. The maximum Gasteiger partial charge on any atom is 0.0726 e. The molecule has 0 aliphatic heterocycles. The molecule has 10 aromatic carbocycles. The van der Waals surface area contributed by atoms with Gasteiger partial charge in [0.05, 0.1) is 16.8 Å². The van der Waals surface area contributed by atoms with Gasteiger partial charge in [0, 0.05) is 22.0 Å². The van der Waals surface area contributed by atoms with Crippen LogP contribution in [-0.2, 0) is 5.41 Å². The van der Waals surface area contributed by atoms with Crippen LogP contribution in [0.2, 0.25) is 0 Å². The van der Waals surface area contributed by atoms with Crippen LogP contribution in [0.25, 0.3) is 65.7 Å². The molecule has 0 aromatic heterocycles. The van der Waals surface area contributed by atoms with Gasteiger partial charge < -0.3 is 4.90 Å². The van der Waals surface area contributed by atoms with E-state index in [2.05, 4.69) is 217 Å². The van der Waals surface area contributed by atoms with Crippen molar-refractivity contribution in [3.63, 3.8) is 0 Å². The Bertz CT molecular complexity index is 3090. The van der Waals surface area contributed by atoms with E-state index in [1.165, 1.54) is 93.6 Å². The standard InChI is InChI=1S/C55H35N/c1-2-17-37(18-3-1)53-41-21-7-4-16-36(41)30-33-52(53)56(54-42-22-8-5-19-38(42)34-39-20-6-9-23-43(39)54)40-31-32-47-46-26-12-15-29-50(46)55(51(47)35-40)48-27-13-10-24-44(48)45-25-11-14-28-49(45)55/h1-35H. The molecule has 0 saturated carbocycles. The molecule has 2 aliphatic carbocycles. The molecule has 260 valence electrons. The summed E-state index contributed by atoms with van der Waals surface area (Å²) in [6, 6.07) is 79.0. The first-order chi connectivity index (χ1) is 27.8. The van der Waals surface area contributed by atoms with E-state index in [-0.39, 0.29) is 0 Å². The number of hydrogen-bond donors (Lipinski definition) is 0. The Hall–Kier alpha value is -7.22. The van der Waals surface area contributed by atoms with Gasteiger partial charge in [-0.15, -0.1) is 0 Å². The third-order valence-electron chi connectivity index (χ3n) is 12.4. The van der Waals surface area contributed by atoms with Gasteiger partial charge in [-0.05, 0) is 95.9 Å². The minimum Gasteiger partial charge on any atom is -0.309 e. The number of benzene rings is 10. The summed E-state index contributed by atoms with van der Waals surface area (Å²) in [5, 5.41) is 7.32. The first-order valence-corrected chi connectivity index (χ1v) is 19.5. The molecular weight excluding hydrogens is 675 g/mol. The summed E-state index contributed by atoms with van der Waals surface area (Å²) >= 11 is 0. The molecule has 0 radical (unpaired) electrons.